The van der Waals surface area contributed by atoms with E-state index < -0.39 is 5.97 Å². The molecule has 5 heteroatoms. The van der Waals surface area contributed by atoms with Gasteiger partial charge in [0.25, 0.3) is 0 Å². The smallest absolute Gasteiger partial charge is 0.325 e. The molecule has 1 rings (SSSR count). The van der Waals surface area contributed by atoms with Crippen molar-refractivity contribution in [1.29, 1.82) is 0 Å². The lowest BCUT2D eigenvalue weighted by atomic mass is 10.1. The normalized spacial score (nSPS) is 11.8. The van der Waals surface area contributed by atoms with Gasteiger partial charge in [-0.05, 0) is 31.2 Å². The van der Waals surface area contributed by atoms with E-state index in [1.165, 1.54) is 18.9 Å². The predicted molar refractivity (Wildman–Crippen MR) is 81.6 cm³/mol. The molecule has 110 valence electrons. The maximum absolute atomic E-state index is 12.3. The van der Waals surface area contributed by atoms with Gasteiger partial charge in [-0.25, -0.2) is 0 Å². The number of benzene rings is 1. The molecule has 1 amide bonds. The third-order valence-electron chi connectivity index (χ3n) is 3.18. The Labute approximate surface area is 124 Å². The van der Waals surface area contributed by atoms with Gasteiger partial charge < -0.3 is 9.64 Å². The van der Waals surface area contributed by atoms with Crippen LogP contribution >= 0.6 is 11.8 Å². The molecule has 1 aromatic carbocycles. The van der Waals surface area contributed by atoms with Gasteiger partial charge >= 0.3 is 5.97 Å². The Hall–Kier alpha value is -1.49. The fourth-order valence-electron chi connectivity index (χ4n) is 1.78. The largest absolute Gasteiger partial charge is 0.468 e. The van der Waals surface area contributed by atoms with Crippen LogP contribution in [0.3, 0.4) is 0 Å². The molecule has 0 heterocycles. The van der Waals surface area contributed by atoms with E-state index in [0.717, 1.165) is 11.1 Å². The Kier molecular flexibility index (Phi) is 6.58. The molecule has 0 spiro atoms. The molecule has 0 aliphatic rings. The number of thioether (sulfide) groups is 1. The average molecular weight is 295 g/mol. The van der Waals surface area contributed by atoms with Crippen LogP contribution in [0.4, 0.5) is 0 Å². The quantitative estimate of drug-likeness (QED) is 0.755. The van der Waals surface area contributed by atoms with Crippen molar-refractivity contribution >= 4 is 23.6 Å². The van der Waals surface area contributed by atoms with Gasteiger partial charge in [0.05, 0.1) is 12.4 Å². The Morgan fingerprint density at radius 3 is 2.55 bits per heavy atom. The zero-order valence-electron chi connectivity index (χ0n) is 12.4. The molecule has 0 N–H and O–H groups in total. The number of hydrogen-bond acceptors (Lipinski definition) is 4. The maximum Gasteiger partial charge on any atom is 0.325 e. The van der Waals surface area contributed by atoms with Crippen LogP contribution in [0.5, 0.6) is 0 Å². The summed E-state index contributed by atoms with van der Waals surface area (Å²) in [4.78, 5) is 25.4. The highest BCUT2D eigenvalue weighted by molar-refractivity contribution is 7.99. The number of ether oxygens (including phenoxy) is 1. The molecule has 0 saturated carbocycles. The predicted octanol–water partition coefficient (Wildman–Crippen LogP) is 2.25. The van der Waals surface area contributed by atoms with Gasteiger partial charge in [0.1, 0.15) is 6.54 Å². The molecular formula is C15H21NO3S. The molecule has 0 fully saturated rings. The van der Waals surface area contributed by atoms with Crippen molar-refractivity contribution in [3.05, 3.63) is 35.4 Å². The van der Waals surface area contributed by atoms with E-state index in [1.807, 2.05) is 44.4 Å². The minimum Gasteiger partial charge on any atom is -0.468 e. The fourth-order valence-corrected chi connectivity index (χ4v) is 2.13. The maximum atomic E-state index is 12.3. The Bertz CT molecular complexity index is 476. The first-order valence-electron chi connectivity index (χ1n) is 6.42. The summed E-state index contributed by atoms with van der Waals surface area (Å²) in [5, 5.41) is -0.177. The second-order valence-corrected chi connectivity index (χ2v) is 5.75. The number of methoxy groups -OCH3 is 1. The summed E-state index contributed by atoms with van der Waals surface area (Å²) in [6, 6.07) is 7.85. The number of esters is 1. The van der Waals surface area contributed by atoms with Crippen LogP contribution in [-0.4, -0.2) is 41.9 Å². The van der Waals surface area contributed by atoms with Crippen LogP contribution in [0.1, 0.15) is 18.1 Å². The SMILES string of the molecule is COC(=O)CN(Cc1ccccc1C)C(=O)C(C)SC. The van der Waals surface area contributed by atoms with Crippen LogP contribution in [0.15, 0.2) is 24.3 Å². The van der Waals surface area contributed by atoms with Gasteiger partial charge in [0, 0.05) is 6.54 Å². The number of carbonyl (C=O) groups excluding carboxylic acids is 2. The third kappa shape index (κ3) is 4.56. The highest BCUT2D eigenvalue weighted by Crippen LogP contribution is 2.15. The van der Waals surface area contributed by atoms with E-state index in [9.17, 15) is 9.59 Å². The summed E-state index contributed by atoms with van der Waals surface area (Å²) in [5.41, 5.74) is 2.14. The minimum atomic E-state index is -0.403. The first-order valence-corrected chi connectivity index (χ1v) is 7.71. The minimum absolute atomic E-state index is 0.0193. The highest BCUT2D eigenvalue weighted by Gasteiger charge is 2.23. The molecule has 4 nitrogen and oxygen atoms in total. The zero-order chi connectivity index (χ0) is 15.1. The van der Waals surface area contributed by atoms with E-state index >= 15 is 0 Å². The third-order valence-corrected chi connectivity index (χ3v) is 4.09. The summed E-state index contributed by atoms with van der Waals surface area (Å²) < 4.78 is 4.67. The van der Waals surface area contributed by atoms with Gasteiger partial charge in [-0.15, -0.1) is 0 Å². The van der Waals surface area contributed by atoms with Crippen molar-refractivity contribution in [2.75, 3.05) is 19.9 Å². The molecule has 20 heavy (non-hydrogen) atoms. The van der Waals surface area contributed by atoms with Crippen LogP contribution in [0.2, 0.25) is 0 Å². The second kappa shape index (κ2) is 7.94. The van der Waals surface area contributed by atoms with Crippen molar-refractivity contribution in [3.63, 3.8) is 0 Å². The summed E-state index contributed by atoms with van der Waals surface area (Å²) in [5.74, 6) is -0.452. The van der Waals surface area contributed by atoms with Crippen molar-refractivity contribution in [2.45, 2.75) is 25.6 Å². The summed E-state index contributed by atoms with van der Waals surface area (Å²) in [7, 11) is 1.33. The molecule has 0 aromatic heterocycles. The lowest BCUT2D eigenvalue weighted by Gasteiger charge is -2.24. The molecule has 1 atom stereocenters. The Morgan fingerprint density at radius 2 is 2.00 bits per heavy atom. The highest BCUT2D eigenvalue weighted by atomic mass is 32.2. The molecule has 0 bridgehead atoms. The van der Waals surface area contributed by atoms with Crippen molar-refractivity contribution in [1.82, 2.24) is 4.90 Å². The number of carbonyl (C=O) groups is 2. The van der Waals surface area contributed by atoms with E-state index in [1.54, 1.807) is 4.90 Å². The van der Waals surface area contributed by atoms with Crippen molar-refractivity contribution in [2.24, 2.45) is 0 Å². The van der Waals surface area contributed by atoms with E-state index in [2.05, 4.69) is 4.74 Å². The molecule has 0 radical (unpaired) electrons. The van der Waals surface area contributed by atoms with Crippen molar-refractivity contribution in [3.8, 4) is 0 Å². The summed E-state index contributed by atoms with van der Waals surface area (Å²) in [6.07, 6.45) is 1.88. The molecule has 1 aromatic rings. The molecule has 0 saturated heterocycles. The zero-order valence-corrected chi connectivity index (χ0v) is 13.2. The Balaban J connectivity index is 2.90. The van der Waals surface area contributed by atoms with Gasteiger partial charge in [-0.1, -0.05) is 24.3 Å². The molecule has 1 unspecified atom stereocenters. The Morgan fingerprint density at radius 1 is 1.35 bits per heavy atom. The number of hydrogen-bond donors (Lipinski definition) is 0. The molecule has 0 aliphatic heterocycles. The van der Waals surface area contributed by atoms with Gasteiger partial charge in [0.2, 0.25) is 5.91 Å². The number of amides is 1. The summed E-state index contributed by atoms with van der Waals surface area (Å²) >= 11 is 1.47. The molecular weight excluding hydrogens is 274 g/mol. The lowest BCUT2D eigenvalue weighted by Crippen LogP contribution is -2.40. The van der Waals surface area contributed by atoms with Gasteiger partial charge in [-0.3, -0.25) is 9.59 Å². The van der Waals surface area contributed by atoms with Crippen molar-refractivity contribution < 1.29 is 14.3 Å². The van der Waals surface area contributed by atoms with E-state index in [0.29, 0.717) is 6.54 Å². The van der Waals surface area contributed by atoms with Gasteiger partial charge in [-0.2, -0.15) is 11.8 Å². The van der Waals surface area contributed by atoms with Crippen LogP contribution in [0.25, 0.3) is 0 Å². The number of rotatable bonds is 6. The van der Waals surface area contributed by atoms with Crippen LogP contribution in [-0.2, 0) is 20.9 Å². The van der Waals surface area contributed by atoms with Gasteiger partial charge in [0.15, 0.2) is 0 Å². The topological polar surface area (TPSA) is 46.6 Å². The van der Waals surface area contributed by atoms with Crippen LogP contribution < -0.4 is 0 Å². The lowest BCUT2D eigenvalue weighted by molar-refractivity contribution is -0.147. The fraction of sp³-hybridized carbons (Fsp3) is 0.467. The van der Waals surface area contributed by atoms with E-state index in [4.69, 9.17) is 0 Å². The van der Waals surface area contributed by atoms with E-state index in [-0.39, 0.29) is 17.7 Å². The average Bonchev–Trinajstić information content (AvgIpc) is 2.46. The summed E-state index contributed by atoms with van der Waals surface area (Å²) in [6.45, 7) is 4.24. The van der Waals surface area contributed by atoms with Crippen LogP contribution in [0, 0.1) is 6.92 Å². The molecule has 0 aliphatic carbocycles. The first-order chi connectivity index (χ1) is 9.49. The number of nitrogens with zero attached hydrogens (tertiary/aromatic N) is 1. The first kappa shape index (κ1) is 16.6. The standard InChI is InChI=1S/C15H21NO3S/c1-11-7-5-6-8-13(11)9-16(10-14(17)19-3)15(18)12(2)20-4/h5-8,12H,9-10H2,1-4H3. The second-order valence-electron chi connectivity index (χ2n) is 4.57. The monoisotopic (exact) mass is 295 g/mol. The number of aryl methyl sites for hydroxylation is 1.